The molecule has 0 bridgehead atoms. The van der Waals surface area contributed by atoms with Crippen molar-refractivity contribution in [3.05, 3.63) is 34.9 Å². The first-order valence-electron chi connectivity index (χ1n) is 7.01. The van der Waals surface area contributed by atoms with Crippen molar-refractivity contribution >= 4 is 5.78 Å². The highest BCUT2D eigenvalue weighted by Gasteiger charge is 2.21. The molecule has 1 aromatic rings. The molecule has 0 radical (unpaired) electrons. The molecule has 98 valence electrons. The van der Waals surface area contributed by atoms with E-state index >= 15 is 0 Å². The molecule has 1 unspecified atom stereocenters. The van der Waals surface area contributed by atoms with E-state index in [0.29, 0.717) is 6.42 Å². The maximum Gasteiger partial charge on any atom is 0.165 e. The van der Waals surface area contributed by atoms with Gasteiger partial charge in [0.2, 0.25) is 0 Å². The van der Waals surface area contributed by atoms with Crippen LogP contribution in [0.2, 0.25) is 0 Å². The van der Waals surface area contributed by atoms with Crippen molar-refractivity contribution in [3.63, 3.8) is 0 Å². The zero-order valence-corrected chi connectivity index (χ0v) is 11.4. The lowest BCUT2D eigenvalue weighted by molar-refractivity contribution is 0.0775. The van der Waals surface area contributed by atoms with E-state index in [9.17, 15) is 4.79 Å². The second kappa shape index (κ2) is 6.14. The lowest BCUT2D eigenvalue weighted by Gasteiger charge is -2.12. The normalized spacial score (nSPS) is 19.1. The van der Waals surface area contributed by atoms with Gasteiger partial charge in [0.1, 0.15) is 0 Å². The maximum atomic E-state index is 12.4. The summed E-state index contributed by atoms with van der Waals surface area (Å²) < 4.78 is 5.55. The zero-order valence-electron chi connectivity index (χ0n) is 11.4. The van der Waals surface area contributed by atoms with Crippen LogP contribution in [0.5, 0.6) is 0 Å². The molecule has 0 saturated carbocycles. The van der Waals surface area contributed by atoms with Crippen LogP contribution < -0.4 is 0 Å². The van der Waals surface area contributed by atoms with Crippen LogP contribution in [0.4, 0.5) is 0 Å². The number of rotatable bonds is 5. The Balaban J connectivity index is 2.16. The third-order valence-electron chi connectivity index (χ3n) is 3.70. The van der Waals surface area contributed by atoms with Gasteiger partial charge in [0.25, 0.3) is 0 Å². The molecule has 0 aliphatic carbocycles. The molecule has 1 saturated heterocycles. The van der Waals surface area contributed by atoms with Crippen molar-refractivity contribution in [1.82, 2.24) is 0 Å². The minimum Gasteiger partial charge on any atom is -0.378 e. The molecular formula is C16H22O2. The fraction of sp³-hybridized carbons (Fsp3) is 0.562. The first-order chi connectivity index (χ1) is 8.74. The first kappa shape index (κ1) is 13.3. The van der Waals surface area contributed by atoms with E-state index in [0.717, 1.165) is 43.4 Å². The smallest absolute Gasteiger partial charge is 0.165 e. The zero-order chi connectivity index (χ0) is 13.0. The number of ketones is 1. The molecule has 0 spiro atoms. The molecule has 0 N–H and O–H groups in total. The Hall–Kier alpha value is -1.15. The number of hydrogen-bond acceptors (Lipinski definition) is 2. The molecule has 1 heterocycles. The topological polar surface area (TPSA) is 26.3 Å². The van der Waals surface area contributed by atoms with Crippen molar-refractivity contribution in [2.45, 2.75) is 52.1 Å². The van der Waals surface area contributed by atoms with Gasteiger partial charge in [0.05, 0.1) is 6.10 Å². The maximum absolute atomic E-state index is 12.4. The second-order valence-corrected chi connectivity index (χ2v) is 4.96. The number of ether oxygens (including phenoxy) is 1. The molecule has 2 rings (SSSR count). The van der Waals surface area contributed by atoms with Gasteiger partial charge in [-0.1, -0.05) is 26.0 Å². The van der Waals surface area contributed by atoms with E-state index in [-0.39, 0.29) is 11.9 Å². The Kier molecular flexibility index (Phi) is 4.54. The van der Waals surface area contributed by atoms with Gasteiger partial charge in [-0.3, -0.25) is 4.79 Å². The van der Waals surface area contributed by atoms with Gasteiger partial charge in [-0.25, -0.2) is 0 Å². The average molecular weight is 246 g/mol. The summed E-state index contributed by atoms with van der Waals surface area (Å²) in [6, 6.07) is 6.29. The highest BCUT2D eigenvalue weighted by Crippen LogP contribution is 2.21. The van der Waals surface area contributed by atoms with E-state index in [1.807, 2.05) is 0 Å². The largest absolute Gasteiger partial charge is 0.378 e. The van der Waals surface area contributed by atoms with Crippen molar-refractivity contribution in [2.24, 2.45) is 0 Å². The van der Waals surface area contributed by atoms with Crippen LogP contribution in [0, 0.1) is 0 Å². The molecule has 1 atom stereocenters. The van der Waals surface area contributed by atoms with Crippen molar-refractivity contribution in [2.75, 3.05) is 6.61 Å². The van der Waals surface area contributed by atoms with Gasteiger partial charge in [-0.05, 0) is 42.9 Å². The summed E-state index contributed by atoms with van der Waals surface area (Å²) in [5.41, 5.74) is 3.31. The standard InChI is InChI=1S/C16H22O2/c1-3-12-7-8-13(4-2)15(10-12)16(17)11-14-6-5-9-18-14/h7-8,10,14H,3-6,9,11H2,1-2H3. The van der Waals surface area contributed by atoms with Gasteiger partial charge in [0.15, 0.2) is 5.78 Å². The fourth-order valence-corrected chi connectivity index (χ4v) is 2.53. The van der Waals surface area contributed by atoms with E-state index in [1.165, 1.54) is 5.56 Å². The average Bonchev–Trinajstić information content (AvgIpc) is 2.90. The number of Topliss-reactive ketones (excluding diaryl/α,β-unsaturated/α-hetero) is 1. The lowest BCUT2D eigenvalue weighted by Crippen LogP contribution is -2.14. The van der Waals surface area contributed by atoms with Gasteiger partial charge < -0.3 is 4.74 Å². The van der Waals surface area contributed by atoms with Crippen LogP contribution in [-0.4, -0.2) is 18.5 Å². The third-order valence-corrected chi connectivity index (χ3v) is 3.70. The van der Waals surface area contributed by atoms with Crippen LogP contribution >= 0.6 is 0 Å². The van der Waals surface area contributed by atoms with Crippen LogP contribution in [0.25, 0.3) is 0 Å². The van der Waals surface area contributed by atoms with Crippen LogP contribution in [0.3, 0.4) is 0 Å². The van der Waals surface area contributed by atoms with Crippen LogP contribution in [-0.2, 0) is 17.6 Å². The fourth-order valence-electron chi connectivity index (χ4n) is 2.53. The quantitative estimate of drug-likeness (QED) is 0.742. The predicted octanol–water partition coefficient (Wildman–Crippen LogP) is 3.56. The van der Waals surface area contributed by atoms with E-state index < -0.39 is 0 Å². The summed E-state index contributed by atoms with van der Waals surface area (Å²) in [7, 11) is 0. The summed E-state index contributed by atoms with van der Waals surface area (Å²) in [4.78, 5) is 12.4. The summed E-state index contributed by atoms with van der Waals surface area (Å²) in [5.74, 6) is 0.244. The molecule has 2 nitrogen and oxygen atoms in total. The Labute approximate surface area is 109 Å². The number of carbonyl (C=O) groups excluding carboxylic acids is 1. The molecule has 0 amide bonds. The molecule has 1 aliphatic rings. The predicted molar refractivity (Wildman–Crippen MR) is 73.1 cm³/mol. The number of aryl methyl sites for hydroxylation is 2. The first-order valence-corrected chi connectivity index (χ1v) is 7.01. The summed E-state index contributed by atoms with van der Waals surface area (Å²) >= 11 is 0. The summed E-state index contributed by atoms with van der Waals surface area (Å²) in [6.45, 7) is 5.03. The van der Waals surface area contributed by atoms with E-state index in [1.54, 1.807) is 0 Å². The van der Waals surface area contributed by atoms with Crippen LogP contribution in [0.1, 0.15) is 54.6 Å². The van der Waals surface area contributed by atoms with Gasteiger partial charge in [-0.2, -0.15) is 0 Å². The second-order valence-electron chi connectivity index (χ2n) is 4.96. The van der Waals surface area contributed by atoms with Crippen molar-refractivity contribution in [1.29, 1.82) is 0 Å². The van der Waals surface area contributed by atoms with E-state index in [2.05, 4.69) is 32.0 Å². The third kappa shape index (κ3) is 2.99. The SMILES string of the molecule is CCc1ccc(CC)c(C(=O)CC2CCCO2)c1. The Morgan fingerprint density at radius 1 is 1.33 bits per heavy atom. The van der Waals surface area contributed by atoms with Crippen molar-refractivity contribution < 1.29 is 9.53 Å². The molecule has 18 heavy (non-hydrogen) atoms. The highest BCUT2D eigenvalue weighted by atomic mass is 16.5. The van der Waals surface area contributed by atoms with Gasteiger partial charge >= 0.3 is 0 Å². The molecule has 0 aromatic heterocycles. The summed E-state index contributed by atoms with van der Waals surface area (Å²) in [5, 5.41) is 0. The lowest BCUT2D eigenvalue weighted by atomic mass is 9.95. The minimum absolute atomic E-state index is 0.146. The molecule has 1 aliphatic heterocycles. The Bertz CT molecular complexity index is 417. The molecule has 2 heteroatoms. The highest BCUT2D eigenvalue weighted by molar-refractivity contribution is 5.98. The minimum atomic E-state index is 0.146. The molecule has 1 fully saturated rings. The van der Waals surface area contributed by atoms with Crippen molar-refractivity contribution in [3.8, 4) is 0 Å². The Morgan fingerprint density at radius 3 is 2.78 bits per heavy atom. The molecular weight excluding hydrogens is 224 g/mol. The van der Waals surface area contributed by atoms with E-state index in [4.69, 9.17) is 4.74 Å². The van der Waals surface area contributed by atoms with Crippen LogP contribution in [0.15, 0.2) is 18.2 Å². The number of hydrogen-bond donors (Lipinski definition) is 0. The number of carbonyl (C=O) groups is 1. The van der Waals surface area contributed by atoms with Gasteiger partial charge in [-0.15, -0.1) is 0 Å². The number of benzene rings is 1. The summed E-state index contributed by atoms with van der Waals surface area (Å²) in [6.07, 6.45) is 4.70. The van der Waals surface area contributed by atoms with Gasteiger partial charge in [0, 0.05) is 18.6 Å². The monoisotopic (exact) mass is 246 g/mol. The Morgan fingerprint density at radius 2 is 2.17 bits per heavy atom. The molecule has 1 aromatic carbocycles.